The fraction of sp³-hybridized carbons (Fsp3) is 0.360. The lowest BCUT2D eigenvalue weighted by atomic mass is 10.0. The van der Waals surface area contributed by atoms with Gasteiger partial charge in [-0.05, 0) is 49.5 Å². The maximum absolute atomic E-state index is 13.4. The highest BCUT2D eigenvalue weighted by Crippen LogP contribution is 2.33. The topological polar surface area (TPSA) is 35.5 Å². The number of hydrogen-bond acceptors (Lipinski definition) is 5. The standard InChI is InChI=1S/C25H27F4N5/c1-32(2)16-23(19-3-7-20(8-4-19)25(27,28)29)33-11-13-34(14-12-33)24-22(15-30-17-31-24)18-5-9-21(26)10-6-18/h3-10,15,17,23H,11-14,16H2,1-2H3. The second kappa shape index (κ2) is 10.1. The Morgan fingerprint density at radius 3 is 2.18 bits per heavy atom. The predicted molar refractivity (Wildman–Crippen MR) is 124 cm³/mol. The predicted octanol–water partition coefficient (Wildman–Crippen LogP) is 4.73. The van der Waals surface area contributed by atoms with Crippen molar-refractivity contribution in [3.63, 3.8) is 0 Å². The number of rotatable bonds is 6. The van der Waals surface area contributed by atoms with Gasteiger partial charge in [-0.2, -0.15) is 13.2 Å². The largest absolute Gasteiger partial charge is 0.416 e. The van der Waals surface area contributed by atoms with Gasteiger partial charge in [0.2, 0.25) is 0 Å². The molecule has 0 radical (unpaired) electrons. The van der Waals surface area contributed by atoms with Gasteiger partial charge < -0.3 is 9.80 Å². The van der Waals surface area contributed by atoms with E-state index >= 15 is 0 Å². The first-order valence-electron chi connectivity index (χ1n) is 11.1. The SMILES string of the molecule is CN(C)CC(c1ccc(C(F)(F)F)cc1)N1CCN(c2ncncc2-c2ccc(F)cc2)CC1. The minimum Gasteiger partial charge on any atom is -0.353 e. The third kappa shape index (κ3) is 5.53. The van der Waals surface area contributed by atoms with E-state index in [0.717, 1.165) is 47.7 Å². The smallest absolute Gasteiger partial charge is 0.353 e. The third-order valence-electron chi connectivity index (χ3n) is 6.06. The fourth-order valence-electron chi connectivity index (χ4n) is 4.33. The average Bonchev–Trinajstić information content (AvgIpc) is 2.83. The molecule has 5 nitrogen and oxygen atoms in total. The van der Waals surface area contributed by atoms with Crippen molar-refractivity contribution in [2.75, 3.05) is 51.7 Å². The molecular weight excluding hydrogens is 446 g/mol. The molecule has 2 aromatic carbocycles. The Bertz CT molecular complexity index is 1080. The molecule has 34 heavy (non-hydrogen) atoms. The molecule has 0 amide bonds. The molecule has 0 aliphatic carbocycles. The van der Waals surface area contributed by atoms with E-state index in [1.165, 1.54) is 18.5 Å². The lowest BCUT2D eigenvalue weighted by Gasteiger charge is -2.41. The van der Waals surface area contributed by atoms with E-state index < -0.39 is 11.7 Å². The Morgan fingerprint density at radius 2 is 1.59 bits per heavy atom. The van der Waals surface area contributed by atoms with Crippen LogP contribution in [0.3, 0.4) is 0 Å². The zero-order valence-corrected chi connectivity index (χ0v) is 19.1. The first-order chi connectivity index (χ1) is 16.2. The number of alkyl halides is 3. The van der Waals surface area contributed by atoms with Crippen molar-refractivity contribution < 1.29 is 17.6 Å². The molecule has 1 aliphatic rings. The van der Waals surface area contributed by atoms with Crippen LogP contribution >= 0.6 is 0 Å². The first kappa shape index (κ1) is 24.1. The highest BCUT2D eigenvalue weighted by atomic mass is 19.4. The summed E-state index contributed by atoms with van der Waals surface area (Å²) in [5, 5.41) is 0. The van der Waals surface area contributed by atoms with Gasteiger partial charge in [-0.25, -0.2) is 14.4 Å². The van der Waals surface area contributed by atoms with E-state index in [0.29, 0.717) is 19.6 Å². The number of nitrogens with zero attached hydrogens (tertiary/aromatic N) is 5. The van der Waals surface area contributed by atoms with Crippen molar-refractivity contribution in [3.05, 3.63) is 78.0 Å². The van der Waals surface area contributed by atoms with Crippen molar-refractivity contribution in [1.29, 1.82) is 0 Å². The van der Waals surface area contributed by atoms with Crippen LogP contribution in [0.2, 0.25) is 0 Å². The van der Waals surface area contributed by atoms with Crippen molar-refractivity contribution in [2.24, 2.45) is 0 Å². The Labute approximate surface area is 196 Å². The Kier molecular flexibility index (Phi) is 7.13. The summed E-state index contributed by atoms with van der Waals surface area (Å²) in [6.07, 6.45) is -1.11. The van der Waals surface area contributed by atoms with Gasteiger partial charge in [-0.1, -0.05) is 24.3 Å². The summed E-state index contributed by atoms with van der Waals surface area (Å²) in [5.41, 5.74) is 1.91. The molecule has 3 aromatic rings. The van der Waals surface area contributed by atoms with Crippen LogP contribution in [-0.4, -0.2) is 66.6 Å². The van der Waals surface area contributed by atoms with Gasteiger partial charge in [0.1, 0.15) is 18.0 Å². The van der Waals surface area contributed by atoms with Crippen molar-refractivity contribution in [3.8, 4) is 11.1 Å². The molecule has 0 spiro atoms. The maximum Gasteiger partial charge on any atom is 0.416 e. The van der Waals surface area contributed by atoms with Gasteiger partial charge in [-0.15, -0.1) is 0 Å². The van der Waals surface area contributed by atoms with E-state index in [1.54, 1.807) is 30.5 Å². The van der Waals surface area contributed by atoms with Crippen LogP contribution in [0.15, 0.2) is 61.1 Å². The quantitative estimate of drug-likeness (QED) is 0.484. The van der Waals surface area contributed by atoms with E-state index in [9.17, 15) is 17.6 Å². The van der Waals surface area contributed by atoms with E-state index in [-0.39, 0.29) is 11.9 Å². The molecule has 2 heterocycles. The Hall–Kier alpha value is -3.04. The average molecular weight is 474 g/mol. The number of piperazine rings is 1. The number of hydrogen-bond donors (Lipinski definition) is 0. The van der Waals surface area contributed by atoms with Gasteiger partial charge in [-0.3, -0.25) is 4.90 Å². The summed E-state index contributed by atoms with van der Waals surface area (Å²) < 4.78 is 52.4. The summed E-state index contributed by atoms with van der Waals surface area (Å²) in [5.74, 6) is 0.492. The van der Waals surface area contributed by atoms with Crippen LogP contribution in [0.4, 0.5) is 23.4 Å². The monoisotopic (exact) mass is 473 g/mol. The molecule has 0 N–H and O–H groups in total. The molecule has 1 fully saturated rings. The van der Waals surface area contributed by atoms with Crippen LogP contribution in [-0.2, 0) is 6.18 Å². The van der Waals surface area contributed by atoms with E-state index in [4.69, 9.17) is 0 Å². The molecule has 1 aliphatic heterocycles. The van der Waals surface area contributed by atoms with Crippen LogP contribution in [0.25, 0.3) is 11.1 Å². The third-order valence-corrected chi connectivity index (χ3v) is 6.06. The molecule has 1 aromatic heterocycles. The lowest BCUT2D eigenvalue weighted by molar-refractivity contribution is -0.137. The van der Waals surface area contributed by atoms with Gasteiger partial charge in [0.15, 0.2) is 0 Å². The first-order valence-corrected chi connectivity index (χ1v) is 11.1. The van der Waals surface area contributed by atoms with Gasteiger partial charge in [0, 0.05) is 50.5 Å². The molecule has 4 rings (SSSR count). The molecule has 1 saturated heterocycles. The number of benzene rings is 2. The fourth-order valence-corrected chi connectivity index (χ4v) is 4.33. The zero-order valence-electron chi connectivity index (χ0n) is 19.1. The molecule has 1 unspecified atom stereocenters. The van der Waals surface area contributed by atoms with Crippen LogP contribution in [0.1, 0.15) is 17.2 Å². The van der Waals surface area contributed by atoms with Crippen LogP contribution in [0, 0.1) is 5.82 Å². The zero-order chi connectivity index (χ0) is 24.3. The summed E-state index contributed by atoms with van der Waals surface area (Å²) in [7, 11) is 3.92. The summed E-state index contributed by atoms with van der Waals surface area (Å²) >= 11 is 0. The highest BCUT2D eigenvalue weighted by Gasteiger charge is 2.31. The van der Waals surface area contributed by atoms with Crippen LogP contribution in [0.5, 0.6) is 0 Å². The van der Waals surface area contributed by atoms with E-state index in [2.05, 4.69) is 19.8 Å². The molecule has 9 heteroatoms. The molecule has 1 atom stereocenters. The number of halogens is 4. The number of anilines is 1. The molecule has 0 bridgehead atoms. The van der Waals surface area contributed by atoms with Crippen molar-refractivity contribution in [2.45, 2.75) is 12.2 Å². The van der Waals surface area contributed by atoms with Crippen LogP contribution < -0.4 is 4.90 Å². The molecule has 180 valence electrons. The van der Waals surface area contributed by atoms with Crippen molar-refractivity contribution >= 4 is 5.82 Å². The van der Waals surface area contributed by atoms with Gasteiger partial charge in [0.05, 0.1) is 5.56 Å². The second-order valence-electron chi connectivity index (χ2n) is 8.69. The van der Waals surface area contributed by atoms with Gasteiger partial charge >= 0.3 is 6.18 Å². The molecule has 0 saturated carbocycles. The van der Waals surface area contributed by atoms with E-state index in [1.807, 2.05) is 19.0 Å². The highest BCUT2D eigenvalue weighted by molar-refractivity contribution is 5.75. The maximum atomic E-state index is 13.4. The lowest BCUT2D eigenvalue weighted by Crippen LogP contribution is -2.49. The normalized spacial score (nSPS) is 16.1. The van der Waals surface area contributed by atoms with Crippen molar-refractivity contribution in [1.82, 2.24) is 19.8 Å². The summed E-state index contributed by atoms with van der Waals surface area (Å²) in [4.78, 5) is 15.2. The van der Waals surface area contributed by atoms with Gasteiger partial charge in [0.25, 0.3) is 0 Å². The molecular formula is C25H27F4N5. The Morgan fingerprint density at radius 1 is 0.941 bits per heavy atom. The summed E-state index contributed by atoms with van der Waals surface area (Å²) in [6, 6.07) is 11.7. The number of aromatic nitrogens is 2. The minimum atomic E-state index is -4.35. The Balaban J connectivity index is 1.51. The second-order valence-corrected chi connectivity index (χ2v) is 8.69. The summed E-state index contributed by atoms with van der Waals surface area (Å²) in [6.45, 7) is 3.56. The minimum absolute atomic E-state index is 0.0265. The number of likely N-dealkylation sites (N-methyl/N-ethyl adjacent to an activating group) is 1.